The minimum Gasteiger partial charge on any atom is -0.444 e. The van der Waals surface area contributed by atoms with Crippen LogP contribution in [0, 0.1) is 6.92 Å². The van der Waals surface area contributed by atoms with Crippen molar-refractivity contribution in [2.75, 3.05) is 0 Å². The summed E-state index contributed by atoms with van der Waals surface area (Å²) in [5.74, 6) is 0. The fourth-order valence-electron chi connectivity index (χ4n) is 1.74. The predicted molar refractivity (Wildman–Crippen MR) is 81.3 cm³/mol. The molecule has 2 rings (SSSR count). The number of hydrogen-bond donors (Lipinski definition) is 1. The summed E-state index contributed by atoms with van der Waals surface area (Å²) in [7, 11) is 0. The third-order valence-corrected chi connectivity index (χ3v) is 3.53. The molecule has 0 aliphatic carbocycles. The van der Waals surface area contributed by atoms with Gasteiger partial charge in [0.15, 0.2) is 0 Å². The third kappa shape index (κ3) is 4.86. The largest absolute Gasteiger partial charge is 0.444 e. The first-order valence-corrected chi connectivity index (χ1v) is 7.58. The number of aryl methyl sites for hydroxylation is 1. The zero-order chi connectivity index (χ0) is 15.5. The number of amides is 1. The maximum atomic E-state index is 11.7. The second kappa shape index (κ2) is 6.26. The fourth-order valence-corrected chi connectivity index (χ4v) is 2.51. The summed E-state index contributed by atoms with van der Waals surface area (Å²) < 4.78 is 7.18. The standard InChI is InChI=1S/C14H20N4O2S/c1-10-8-21-12(17-10)7-18-9-15-5-11(18)6-16-13(19)20-14(2,3)4/h5,8-9H,6-7H2,1-4H3,(H,16,19). The molecule has 21 heavy (non-hydrogen) atoms. The van der Waals surface area contributed by atoms with Gasteiger partial charge in [-0.25, -0.2) is 14.8 Å². The van der Waals surface area contributed by atoms with Gasteiger partial charge in [0.25, 0.3) is 0 Å². The molecule has 0 spiro atoms. The molecule has 0 radical (unpaired) electrons. The van der Waals surface area contributed by atoms with Crippen molar-refractivity contribution < 1.29 is 9.53 Å². The molecule has 0 aliphatic heterocycles. The molecular formula is C14H20N4O2S. The monoisotopic (exact) mass is 308 g/mol. The van der Waals surface area contributed by atoms with Crippen molar-refractivity contribution in [1.82, 2.24) is 19.9 Å². The highest BCUT2D eigenvalue weighted by atomic mass is 32.1. The van der Waals surface area contributed by atoms with Gasteiger partial charge >= 0.3 is 6.09 Å². The Morgan fingerprint density at radius 3 is 2.86 bits per heavy atom. The van der Waals surface area contributed by atoms with Crippen molar-refractivity contribution in [2.24, 2.45) is 0 Å². The topological polar surface area (TPSA) is 69.0 Å². The molecule has 0 aromatic carbocycles. The third-order valence-electron chi connectivity index (χ3n) is 2.58. The second-order valence-electron chi connectivity index (χ2n) is 5.75. The van der Waals surface area contributed by atoms with Gasteiger partial charge in [-0.05, 0) is 27.7 Å². The van der Waals surface area contributed by atoms with Gasteiger partial charge in [0.2, 0.25) is 0 Å². The lowest BCUT2D eigenvalue weighted by molar-refractivity contribution is 0.0522. The molecule has 1 N–H and O–H groups in total. The molecule has 0 saturated heterocycles. The van der Waals surface area contributed by atoms with Crippen LogP contribution in [-0.4, -0.2) is 26.2 Å². The number of imidazole rings is 1. The molecule has 1 amide bonds. The number of nitrogens with one attached hydrogen (secondary N) is 1. The molecule has 0 atom stereocenters. The van der Waals surface area contributed by atoms with Gasteiger partial charge in [0.05, 0.1) is 25.1 Å². The van der Waals surface area contributed by atoms with Gasteiger partial charge < -0.3 is 14.6 Å². The zero-order valence-corrected chi connectivity index (χ0v) is 13.5. The average molecular weight is 308 g/mol. The number of ether oxygens (including phenoxy) is 1. The Labute approximate surface area is 128 Å². The molecule has 0 saturated carbocycles. The van der Waals surface area contributed by atoms with Crippen LogP contribution in [0.15, 0.2) is 17.9 Å². The molecule has 2 heterocycles. The van der Waals surface area contributed by atoms with E-state index in [0.29, 0.717) is 13.1 Å². The van der Waals surface area contributed by atoms with Crippen LogP contribution in [0.3, 0.4) is 0 Å². The van der Waals surface area contributed by atoms with E-state index in [1.165, 1.54) is 0 Å². The van der Waals surface area contributed by atoms with E-state index in [1.807, 2.05) is 37.6 Å². The van der Waals surface area contributed by atoms with E-state index in [9.17, 15) is 4.79 Å². The van der Waals surface area contributed by atoms with Gasteiger partial charge in [-0.3, -0.25) is 0 Å². The Morgan fingerprint density at radius 1 is 1.48 bits per heavy atom. The van der Waals surface area contributed by atoms with E-state index in [0.717, 1.165) is 16.4 Å². The Morgan fingerprint density at radius 2 is 2.24 bits per heavy atom. The van der Waals surface area contributed by atoms with E-state index in [2.05, 4.69) is 15.3 Å². The summed E-state index contributed by atoms with van der Waals surface area (Å²) >= 11 is 1.62. The number of carbonyl (C=O) groups is 1. The molecule has 2 aromatic heterocycles. The van der Waals surface area contributed by atoms with Crippen LogP contribution in [0.1, 0.15) is 37.2 Å². The van der Waals surface area contributed by atoms with Crippen molar-refractivity contribution in [3.05, 3.63) is 34.3 Å². The molecular weight excluding hydrogens is 288 g/mol. The normalized spacial score (nSPS) is 11.4. The van der Waals surface area contributed by atoms with Gasteiger partial charge in [0.1, 0.15) is 10.6 Å². The highest BCUT2D eigenvalue weighted by Crippen LogP contribution is 2.12. The van der Waals surface area contributed by atoms with Crippen LogP contribution in [-0.2, 0) is 17.8 Å². The van der Waals surface area contributed by atoms with Crippen LogP contribution in [0.2, 0.25) is 0 Å². The lowest BCUT2D eigenvalue weighted by Gasteiger charge is -2.19. The fraction of sp³-hybridized carbons (Fsp3) is 0.500. The van der Waals surface area contributed by atoms with Crippen molar-refractivity contribution >= 4 is 17.4 Å². The summed E-state index contributed by atoms with van der Waals surface area (Å²) in [5.41, 5.74) is 1.43. The Kier molecular flexibility index (Phi) is 4.62. The van der Waals surface area contributed by atoms with Crippen LogP contribution in [0.25, 0.3) is 0 Å². The second-order valence-corrected chi connectivity index (χ2v) is 6.69. The number of hydrogen-bond acceptors (Lipinski definition) is 5. The first-order valence-electron chi connectivity index (χ1n) is 6.70. The molecule has 0 bridgehead atoms. The minimum atomic E-state index is -0.497. The molecule has 7 heteroatoms. The number of rotatable bonds is 4. The summed E-state index contributed by atoms with van der Waals surface area (Å²) in [6, 6.07) is 0. The maximum Gasteiger partial charge on any atom is 0.407 e. The lowest BCUT2D eigenvalue weighted by atomic mass is 10.2. The van der Waals surface area contributed by atoms with Crippen LogP contribution in [0.5, 0.6) is 0 Å². The first-order chi connectivity index (χ1) is 9.83. The lowest BCUT2D eigenvalue weighted by Crippen LogP contribution is -2.32. The SMILES string of the molecule is Cc1csc(Cn2cncc2CNC(=O)OC(C)(C)C)n1. The number of carbonyl (C=O) groups excluding carboxylic acids is 1. The Hall–Kier alpha value is -1.89. The number of aromatic nitrogens is 3. The van der Waals surface area contributed by atoms with Crippen LogP contribution >= 0.6 is 11.3 Å². The molecule has 6 nitrogen and oxygen atoms in total. The predicted octanol–water partition coefficient (Wildman–Crippen LogP) is 2.72. The molecule has 0 unspecified atom stereocenters. The van der Waals surface area contributed by atoms with Gasteiger partial charge in [-0.2, -0.15) is 0 Å². The van der Waals surface area contributed by atoms with Gasteiger partial charge in [-0.15, -0.1) is 11.3 Å². The van der Waals surface area contributed by atoms with Gasteiger partial charge in [-0.1, -0.05) is 0 Å². The number of thiazole rings is 1. The average Bonchev–Trinajstić information content (AvgIpc) is 2.94. The summed E-state index contributed by atoms with van der Waals surface area (Å²) in [6.07, 6.45) is 3.04. The van der Waals surface area contributed by atoms with Crippen LogP contribution in [0.4, 0.5) is 4.79 Å². The Balaban J connectivity index is 1.93. The van der Waals surface area contributed by atoms with E-state index >= 15 is 0 Å². The summed E-state index contributed by atoms with van der Waals surface area (Å²) in [5, 5.41) is 5.77. The van der Waals surface area contributed by atoms with Gasteiger partial charge in [0, 0.05) is 17.3 Å². The van der Waals surface area contributed by atoms with E-state index in [4.69, 9.17) is 4.74 Å². The summed E-state index contributed by atoms with van der Waals surface area (Å²) in [6.45, 7) is 8.51. The first kappa shape index (κ1) is 15.5. The van der Waals surface area contributed by atoms with E-state index in [1.54, 1.807) is 23.9 Å². The molecule has 2 aromatic rings. The van der Waals surface area contributed by atoms with Crippen molar-refractivity contribution in [3.8, 4) is 0 Å². The smallest absolute Gasteiger partial charge is 0.407 e. The molecule has 0 aliphatic rings. The van der Waals surface area contributed by atoms with Crippen LogP contribution < -0.4 is 5.32 Å². The van der Waals surface area contributed by atoms with E-state index < -0.39 is 11.7 Å². The molecule has 114 valence electrons. The number of alkyl carbamates (subject to hydrolysis) is 1. The van der Waals surface area contributed by atoms with Crippen molar-refractivity contribution in [1.29, 1.82) is 0 Å². The van der Waals surface area contributed by atoms with E-state index in [-0.39, 0.29) is 0 Å². The Bertz CT molecular complexity index is 613. The summed E-state index contributed by atoms with van der Waals surface area (Å²) in [4.78, 5) is 20.2. The highest BCUT2D eigenvalue weighted by Gasteiger charge is 2.16. The maximum absolute atomic E-state index is 11.7. The zero-order valence-electron chi connectivity index (χ0n) is 12.7. The van der Waals surface area contributed by atoms with Crippen molar-refractivity contribution in [2.45, 2.75) is 46.4 Å². The minimum absolute atomic E-state index is 0.374. The molecule has 0 fully saturated rings. The van der Waals surface area contributed by atoms with Crippen molar-refractivity contribution in [3.63, 3.8) is 0 Å². The number of nitrogens with zero attached hydrogens (tertiary/aromatic N) is 3. The quantitative estimate of drug-likeness (QED) is 0.943. The highest BCUT2D eigenvalue weighted by molar-refractivity contribution is 7.09.